The van der Waals surface area contributed by atoms with E-state index in [4.69, 9.17) is 15.0 Å². The molecule has 0 spiro atoms. The van der Waals surface area contributed by atoms with Gasteiger partial charge in [0.25, 0.3) is 0 Å². The van der Waals surface area contributed by atoms with Gasteiger partial charge in [-0.1, -0.05) is 23.4 Å². The minimum atomic E-state index is 0.246. The van der Waals surface area contributed by atoms with Gasteiger partial charge in [0, 0.05) is 18.8 Å². The first-order chi connectivity index (χ1) is 9.70. The van der Waals surface area contributed by atoms with Crippen molar-refractivity contribution in [3.8, 4) is 28.3 Å². The van der Waals surface area contributed by atoms with E-state index in [1.807, 2.05) is 43.6 Å². The normalized spacial score (nSPS) is 10.7. The van der Waals surface area contributed by atoms with Gasteiger partial charge in [-0.25, -0.2) is 0 Å². The Morgan fingerprint density at radius 3 is 2.75 bits per heavy atom. The number of nitrogens with zero attached hydrogens (tertiary/aromatic N) is 3. The van der Waals surface area contributed by atoms with E-state index in [-0.39, 0.29) is 5.88 Å². The number of hydrogen-bond acceptors (Lipinski definition) is 5. The number of aromatic nitrogens is 3. The van der Waals surface area contributed by atoms with Gasteiger partial charge in [-0.3, -0.25) is 4.68 Å². The number of methoxy groups -OCH3 is 1. The van der Waals surface area contributed by atoms with Gasteiger partial charge in [0.2, 0.25) is 5.88 Å². The van der Waals surface area contributed by atoms with E-state index in [2.05, 4.69) is 10.3 Å². The zero-order valence-corrected chi connectivity index (χ0v) is 11.2. The van der Waals surface area contributed by atoms with E-state index < -0.39 is 0 Å². The van der Waals surface area contributed by atoms with Crippen LogP contribution in [-0.2, 0) is 7.05 Å². The molecule has 2 N–H and O–H groups in total. The molecule has 3 aromatic rings. The molecule has 2 heterocycles. The Morgan fingerprint density at radius 2 is 2.05 bits per heavy atom. The van der Waals surface area contributed by atoms with E-state index >= 15 is 0 Å². The van der Waals surface area contributed by atoms with Crippen LogP contribution in [0.1, 0.15) is 0 Å². The van der Waals surface area contributed by atoms with Gasteiger partial charge >= 0.3 is 0 Å². The summed E-state index contributed by atoms with van der Waals surface area (Å²) in [6, 6.07) is 9.44. The topological polar surface area (TPSA) is 79.1 Å². The molecule has 20 heavy (non-hydrogen) atoms. The van der Waals surface area contributed by atoms with Crippen molar-refractivity contribution >= 4 is 5.88 Å². The molecule has 0 radical (unpaired) electrons. The summed E-state index contributed by atoms with van der Waals surface area (Å²) < 4.78 is 12.2. The number of nitrogens with two attached hydrogens (primary N) is 1. The Labute approximate surface area is 115 Å². The quantitative estimate of drug-likeness (QED) is 0.790. The number of para-hydroxylation sites is 1. The lowest BCUT2D eigenvalue weighted by atomic mass is 10.0. The number of benzene rings is 1. The van der Waals surface area contributed by atoms with Crippen molar-refractivity contribution in [2.75, 3.05) is 12.8 Å². The van der Waals surface area contributed by atoms with Gasteiger partial charge in [-0.05, 0) is 12.1 Å². The Balaban J connectivity index is 2.21. The van der Waals surface area contributed by atoms with E-state index in [0.29, 0.717) is 22.7 Å². The van der Waals surface area contributed by atoms with E-state index in [1.165, 1.54) is 0 Å². The summed E-state index contributed by atoms with van der Waals surface area (Å²) in [5.74, 6) is 0.953. The van der Waals surface area contributed by atoms with Crippen molar-refractivity contribution in [3.05, 3.63) is 36.5 Å². The first-order valence-corrected chi connectivity index (χ1v) is 6.09. The van der Waals surface area contributed by atoms with Crippen LogP contribution in [0.3, 0.4) is 0 Å². The highest BCUT2D eigenvalue weighted by atomic mass is 16.5. The average Bonchev–Trinajstić information content (AvgIpc) is 3.04. The number of anilines is 1. The summed E-state index contributed by atoms with van der Waals surface area (Å²) >= 11 is 0. The Hall–Kier alpha value is -2.76. The molecule has 102 valence electrons. The summed E-state index contributed by atoms with van der Waals surface area (Å²) in [7, 11) is 3.46. The lowest BCUT2D eigenvalue weighted by Gasteiger charge is -2.07. The predicted molar refractivity (Wildman–Crippen MR) is 75.1 cm³/mol. The average molecular weight is 270 g/mol. The summed E-state index contributed by atoms with van der Waals surface area (Å²) in [5, 5.41) is 8.35. The first kappa shape index (κ1) is 12.3. The zero-order valence-electron chi connectivity index (χ0n) is 11.2. The summed E-state index contributed by atoms with van der Waals surface area (Å²) in [6.45, 7) is 0. The Kier molecular flexibility index (Phi) is 2.90. The highest BCUT2D eigenvalue weighted by molar-refractivity contribution is 5.88. The van der Waals surface area contributed by atoms with Crippen molar-refractivity contribution in [1.29, 1.82) is 0 Å². The third-order valence-corrected chi connectivity index (χ3v) is 3.05. The van der Waals surface area contributed by atoms with Crippen molar-refractivity contribution in [2.24, 2.45) is 7.05 Å². The minimum Gasteiger partial charge on any atom is -0.496 e. The summed E-state index contributed by atoms with van der Waals surface area (Å²) in [6.07, 6.45) is 1.84. The van der Waals surface area contributed by atoms with Gasteiger partial charge in [0.1, 0.15) is 17.1 Å². The second-order valence-corrected chi connectivity index (χ2v) is 4.35. The maximum absolute atomic E-state index is 5.92. The molecule has 0 aliphatic heterocycles. The van der Waals surface area contributed by atoms with Crippen LogP contribution < -0.4 is 10.5 Å². The van der Waals surface area contributed by atoms with Crippen LogP contribution in [0.2, 0.25) is 0 Å². The molecule has 6 heteroatoms. The van der Waals surface area contributed by atoms with Gasteiger partial charge in [-0.15, -0.1) is 0 Å². The third kappa shape index (κ3) is 1.91. The SMILES string of the molecule is COc1ccccc1-c1c(-c2ccn(C)n2)noc1N. The second-order valence-electron chi connectivity index (χ2n) is 4.35. The molecule has 0 aliphatic carbocycles. The number of hydrogen-bond donors (Lipinski definition) is 1. The molecule has 0 fully saturated rings. The second kappa shape index (κ2) is 4.73. The first-order valence-electron chi connectivity index (χ1n) is 6.09. The van der Waals surface area contributed by atoms with Gasteiger partial charge < -0.3 is 15.0 Å². The smallest absolute Gasteiger partial charge is 0.230 e. The molecule has 0 atom stereocenters. The molecule has 6 nitrogen and oxygen atoms in total. The molecule has 0 saturated heterocycles. The van der Waals surface area contributed by atoms with E-state index in [1.54, 1.807) is 11.8 Å². The molecule has 0 bridgehead atoms. The highest BCUT2D eigenvalue weighted by Gasteiger charge is 2.21. The fourth-order valence-electron chi connectivity index (χ4n) is 2.13. The van der Waals surface area contributed by atoms with Crippen molar-refractivity contribution in [2.45, 2.75) is 0 Å². The van der Waals surface area contributed by atoms with Crippen LogP contribution >= 0.6 is 0 Å². The fourth-order valence-corrected chi connectivity index (χ4v) is 2.13. The third-order valence-electron chi connectivity index (χ3n) is 3.05. The van der Waals surface area contributed by atoms with Crippen LogP contribution in [0.15, 0.2) is 41.1 Å². The zero-order chi connectivity index (χ0) is 14.1. The molecule has 2 aromatic heterocycles. The molecule has 0 saturated carbocycles. The highest BCUT2D eigenvalue weighted by Crippen LogP contribution is 2.39. The molecule has 0 amide bonds. The minimum absolute atomic E-state index is 0.246. The van der Waals surface area contributed by atoms with Crippen LogP contribution in [0.5, 0.6) is 5.75 Å². The largest absolute Gasteiger partial charge is 0.496 e. The molecule has 3 rings (SSSR count). The molecule has 1 aromatic carbocycles. The summed E-state index contributed by atoms with van der Waals surface area (Å²) in [5.41, 5.74) is 8.75. The van der Waals surface area contributed by atoms with Gasteiger partial charge in [0.05, 0.1) is 12.7 Å². The molecular formula is C14H14N4O2. The molecule has 0 aliphatic rings. The van der Waals surface area contributed by atoms with Gasteiger partial charge in [0.15, 0.2) is 0 Å². The number of nitrogen functional groups attached to an aromatic ring is 1. The predicted octanol–water partition coefficient (Wildman–Crippen LogP) is 2.33. The van der Waals surface area contributed by atoms with Crippen LogP contribution in [0.25, 0.3) is 22.5 Å². The standard InChI is InChI=1S/C14H14N4O2/c1-18-8-7-10(16-18)13-12(14(15)20-17-13)9-5-3-4-6-11(9)19-2/h3-8H,15H2,1-2H3. The van der Waals surface area contributed by atoms with Crippen LogP contribution in [0, 0.1) is 0 Å². The van der Waals surface area contributed by atoms with Crippen molar-refractivity contribution < 1.29 is 9.26 Å². The van der Waals surface area contributed by atoms with Crippen molar-refractivity contribution in [3.63, 3.8) is 0 Å². The number of aryl methyl sites for hydroxylation is 1. The fraction of sp³-hybridized carbons (Fsp3) is 0.143. The van der Waals surface area contributed by atoms with Crippen LogP contribution in [-0.4, -0.2) is 22.0 Å². The molecule has 0 unspecified atom stereocenters. The Morgan fingerprint density at radius 1 is 1.25 bits per heavy atom. The van der Waals surface area contributed by atoms with E-state index in [0.717, 1.165) is 5.56 Å². The van der Waals surface area contributed by atoms with E-state index in [9.17, 15) is 0 Å². The lowest BCUT2D eigenvalue weighted by Crippen LogP contribution is -1.93. The summed E-state index contributed by atoms with van der Waals surface area (Å²) in [4.78, 5) is 0. The van der Waals surface area contributed by atoms with Gasteiger partial charge in [-0.2, -0.15) is 5.10 Å². The number of ether oxygens (including phenoxy) is 1. The maximum atomic E-state index is 5.92. The number of rotatable bonds is 3. The molecular weight excluding hydrogens is 256 g/mol. The lowest BCUT2D eigenvalue weighted by molar-refractivity contribution is 0.416. The Bertz CT molecular complexity index is 745. The van der Waals surface area contributed by atoms with Crippen molar-refractivity contribution in [1.82, 2.24) is 14.9 Å². The maximum Gasteiger partial charge on any atom is 0.230 e. The monoisotopic (exact) mass is 270 g/mol. The van der Waals surface area contributed by atoms with Crippen LogP contribution in [0.4, 0.5) is 5.88 Å².